The van der Waals surface area contributed by atoms with Crippen molar-refractivity contribution in [1.29, 1.82) is 0 Å². The van der Waals surface area contributed by atoms with E-state index in [2.05, 4.69) is 10.4 Å². The van der Waals surface area contributed by atoms with E-state index in [9.17, 15) is 0 Å². The summed E-state index contributed by atoms with van der Waals surface area (Å²) in [6.45, 7) is 0. The summed E-state index contributed by atoms with van der Waals surface area (Å²) in [6.07, 6.45) is -1.33. The first-order valence-electron chi connectivity index (χ1n) is 0.908. The minimum atomic E-state index is -1.33. The Morgan fingerprint density at radius 3 is 2.20 bits per heavy atom. The molecule has 0 heterocycles. The highest BCUT2D eigenvalue weighted by Gasteiger charge is 1.60. The van der Waals surface area contributed by atoms with Crippen LogP contribution >= 0.6 is 0 Å². The van der Waals surface area contributed by atoms with E-state index < -0.39 is 6.09 Å². The average Bonchev–Trinajstić information content (AvgIpc) is 1.38. The molecule has 0 aliphatic heterocycles. The fourth-order valence-corrected chi connectivity index (χ4v) is 0. The fraction of sp³-hybridized carbons (Fsp3) is 0. The second kappa shape index (κ2) is 1.77. The van der Waals surface area contributed by atoms with Crippen LogP contribution in [0, 0.1) is 0 Å². The molecule has 0 fully saturated rings. The van der Waals surface area contributed by atoms with Crippen LogP contribution in [0.15, 0.2) is 0 Å². The summed E-state index contributed by atoms with van der Waals surface area (Å²) in [7, 11) is 2.44. The molecule has 0 unspecified atom stereocenters. The van der Waals surface area contributed by atoms with E-state index >= 15 is 0 Å². The van der Waals surface area contributed by atoms with E-state index in [1.165, 1.54) is 0 Å². The maximum absolute atomic E-state index is 9.10. The number of hydrogen-bond donors (Lipinski definition) is 1. The summed E-state index contributed by atoms with van der Waals surface area (Å²) >= 11 is 0. The van der Waals surface area contributed by atoms with Gasteiger partial charge in [0.1, 0.15) is 6.09 Å². The van der Waals surface area contributed by atoms with Crippen molar-refractivity contribution in [2.45, 2.75) is 0 Å². The van der Waals surface area contributed by atoms with Crippen LogP contribution < -0.4 is 10.1 Å². The molecular formula is CHNO2Si-. The topological polar surface area (TPSA) is 52.2 Å². The molecule has 0 aromatic heterocycles. The fourth-order valence-electron chi connectivity index (χ4n) is 0. The molecule has 0 atom stereocenters. The lowest BCUT2D eigenvalue weighted by Crippen LogP contribution is -2.34. The summed E-state index contributed by atoms with van der Waals surface area (Å²) in [5, 5.41) is 9.10. The third kappa shape index (κ3) is 3.49. The largest absolute Gasteiger partial charge is 0.531 e. The second-order valence-corrected chi connectivity index (χ2v) is 0.662. The monoisotopic (exact) mass is 87.0 g/mol. The highest BCUT2D eigenvalue weighted by Crippen LogP contribution is 1.35. The van der Waals surface area contributed by atoms with Gasteiger partial charge in [-0.25, -0.2) is 0 Å². The number of carbonyl (C=O) groups is 1. The van der Waals surface area contributed by atoms with Gasteiger partial charge in [0, 0.05) is 0 Å². The van der Waals surface area contributed by atoms with Gasteiger partial charge in [-0.05, 0) is 0 Å². The van der Waals surface area contributed by atoms with Gasteiger partial charge in [0.05, 0.1) is 0 Å². The van der Waals surface area contributed by atoms with Crippen LogP contribution in [0.5, 0.6) is 0 Å². The lowest BCUT2D eigenvalue weighted by Gasteiger charge is -1.92. The normalized spacial score (nSPS) is 6.60. The molecule has 0 saturated carbocycles. The SMILES string of the molecule is O=C([O-])N[Si]. The molecule has 0 aliphatic rings. The molecule has 3 nitrogen and oxygen atoms in total. The summed E-state index contributed by atoms with van der Waals surface area (Å²) in [5.74, 6) is 0. The summed E-state index contributed by atoms with van der Waals surface area (Å²) in [5.41, 5.74) is 0. The van der Waals surface area contributed by atoms with Gasteiger partial charge in [-0.3, -0.25) is 0 Å². The van der Waals surface area contributed by atoms with Crippen LogP contribution in [0.2, 0.25) is 0 Å². The van der Waals surface area contributed by atoms with Crippen molar-refractivity contribution in [3.8, 4) is 0 Å². The van der Waals surface area contributed by atoms with Crippen molar-refractivity contribution < 1.29 is 9.90 Å². The molecule has 0 bridgehead atoms. The van der Waals surface area contributed by atoms with Crippen LogP contribution in [-0.4, -0.2) is 16.5 Å². The van der Waals surface area contributed by atoms with Gasteiger partial charge in [-0.15, -0.1) is 0 Å². The van der Waals surface area contributed by atoms with Gasteiger partial charge < -0.3 is 14.9 Å². The first-order valence-corrected chi connectivity index (χ1v) is 1.41. The van der Waals surface area contributed by atoms with Crippen LogP contribution in [0.1, 0.15) is 0 Å². The average molecular weight is 87.1 g/mol. The Balaban J connectivity index is 2.85. The zero-order chi connectivity index (χ0) is 4.28. The van der Waals surface area contributed by atoms with Crippen molar-refractivity contribution in [3.05, 3.63) is 0 Å². The molecule has 5 heavy (non-hydrogen) atoms. The number of carbonyl (C=O) groups excluding carboxylic acids is 1. The number of hydrogen-bond acceptors (Lipinski definition) is 2. The van der Waals surface area contributed by atoms with Gasteiger partial charge in [0.25, 0.3) is 0 Å². The minimum Gasteiger partial charge on any atom is -0.531 e. The third-order valence-corrected chi connectivity index (χ3v) is 0.306. The van der Waals surface area contributed by atoms with E-state index in [0.29, 0.717) is 0 Å². The Labute approximate surface area is 32.5 Å². The highest BCUT2D eigenvalue weighted by molar-refractivity contribution is 6.12. The van der Waals surface area contributed by atoms with Crippen molar-refractivity contribution in [1.82, 2.24) is 4.98 Å². The molecule has 0 spiro atoms. The van der Waals surface area contributed by atoms with Crippen molar-refractivity contribution >= 4 is 16.5 Å². The van der Waals surface area contributed by atoms with E-state index in [1.807, 2.05) is 0 Å². The second-order valence-electron chi connectivity index (χ2n) is 0.412. The van der Waals surface area contributed by atoms with E-state index in [0.717, 1.165) is 0 Å². The Kier molecular flexibility index (Phi) is 1.59. The Morgan fingerprint density at radius 1 is 2.00 bits per heavy atom. The van der Waals surface area contributed by atoms with Crippen LogP contribution in [-0.2, 0) is 0 Å². The molecule has 4 heteroatoms. The highest BCUT2D eigenvalue weighted by atomic mass is 28.2. The molecule has 1 N–H and O–H groups in total. The van der Waals surface area contributed by atoms with Gasteiger partial charge >= 0.3 is 0 Å². The van der Waals surface area contributed by atoms with E-state index in [-0.39, 0.29) is 0 Å². The van der Waals surface area contributed by atoms with Gasteiger partial charge in [-0.1, -0.05) is 0 Å². The minimum absolute atomic E-state index is 1.33. The molecule has 0 aromatic carbocycles. The maximum Gasteiger partial charge on any atom is 0.187 e. The molecule has 1 amide bonds. The Hall–Kier alpha value is -0.513. The summed E-state index contributed by atoms with van der Waals surface area (Å²) in [4.78, 5) is 10.7. The maximum atomic E-state index is 9.10. The molecular weight excluding hydrogens is 86.1 g/mol. The molecule has 0 aromatic rings. The van der Waals surface area contributed by atoms with Crippen LogP contribution in [0.25, 0.3) is 0 Å². The number of nitrogens with one attached hydrogen (secondary N) is 1. The number of amides is 1. The molecule has 3 radical (unpaired) electrons. The van der Waals surface area contributed by atoms with E-state index in [1.54, 1.807) is 4.98 Å². The molecule has 27 valence electrons. The smallest absolute Gasteiger partial charge is 0.187 e. The number of rotatable bonds is 0. The van der Waals surface area contributed by atoms with Gasteiger partial charge in [0.15, 0.2) is 10.4 Å². The van der Waals surface area contributed by atoms with Crippen molar-refractivity contribution in [2.75, 3.05) is 0 Å². The first kappa shape index (κ1) is 4.49. The molecule has 0 saturated heterocycles. The predicted octanol–water partition coefficient (Wildman–Crippen LogP) is -2.00. The zero-order valence-corrected chi connectivity index (χ0v) is 3.32. The summed E-state index contributed by atoms with van der Waals surface area (Å²) < 4.78 is 0. The van der Waals surface area contributed by atoms with Crippen molar-refractivity contribution in [3.63, 3.8) is 0 Å². The predicted molar refractivity (Wildman–Crippen MR) is 14.3 cm³/mol. The summed E-state index contributed by atoms with van der Waals surface area (Å²) in [6, 6.07) is 0. The van der Waals surface area contributed by atoms with Crippen LogP contribution in [0.4, 0.5) is 4.79 Å². The Morgan fingerprint density at radius 2 is 2.20 bits per heavy atom. The lowest BCUT2D eigenvalue weighted by atomic mass is 11.3. The first-order chi connectivity index (χ1) is 2.27. The van der Waals surface area contributed by atoms with Gasteiger partial charge in [-0.2, -0.15) is 0 Å². The quantitative estimate of drug-likeness (QED) is 0.347. The third-order valence-electron chi connectivity index (χ3n) is 0.102. The Bertz CT molecular complexity index is 44.9. The number of carboxylic acid groups (broad SMARTS) is 1. The molecule has 0 aliphatic carbocycles. The zero-order valence-electron chi connectivity index (χ0n) is 2.32. The standard InChI is InChI=1S/CH2NO2Si/c3-1(4)2-5/h2H,(H,3,4)/p-1. The van der Waals surface area contributed by atoms with Gasteiger partial charge in [0.2, 0.25) is 0 Å². The molecule has 0 rings (SSSR count). The lowest BCUT2D eigenvalue weighted by molar-refractivity contribution is -0.248. The van der Waals surface area contributed by atoms with Crippen LogP contribution in [0.3, 0.4) is 0 Å². The van der Waals surface area contributed by atoms with E-state index in [4.69, 9.17) is 9.90 Å². The van der Waals surface area contributed by atoms with Crippen molar-refractivity contribution in [2.24, 2.45) is 0 Å².